The smallest absolute Gasteiger partial charge is 0.253 e. The zero-order chi connectivity index (χ0) is 24.9. The van der Waals surface area contributed by atoms with E-state index in [1.807, 2.05) is 23.1 Å². The molecule has 0 saturated carbocycles. The number of ether oxygens (including phenoxy) is 1. The van der Waals surface area contributed by atoms with E-state index in [-0.39, 0.29) is 35.1 Å². The molecule has 0 spiro atoms. The Balaban J connectivity index is 1.53. The lowest BCUT2D eigenvalue weighted by atomic mass is 10.2. The maximum Gasteiger partial charge on any atom is 0.253 e. The van der Waals surface area contributed by atoms with Crippen molar-refractivity contribution < 1.29 is 9.53 Å². The lowest BCUT2D eigenvalue weighted by Gasteiger charge is -2.32. The van der Waals surface area contributed by atoms with Crippen LogP contribution in [0.4, 0.5) is 5.95 Å². The third-order valence-electron chi connectivity index (χ3n) is 5.29. The van der Waals surface area contributed by atoms with Crippen LogP contribution in [0.2, 0.25) is 10.0 Å². The van der Waals surface area contributed by atoms with Gasteiger partial charge in [0.25, 0.3) is 5.91 Å². The molecule has 1 amide bonds. The van der Waals surface area contributed by atoms with Crippen LogP contribution in [0.25, 0.3) is 11.4 Å². The van der Waals surface area contributed by atoms with Crippen molar-refractivity contribution >= 4 is 46.8 Å². The van der Waals surface area contributed by atoms with Gasteiger partial charge in [0.1, 0.15) is 11.8 Å². The number of likely N-dealkylation sites (N-methyl/N-ethyl adjacent to an activating group) is 1. The van der Waals surface area contributed by atoms with E-state index >= 15 is 0 Å². The van der Waals surface area contributed by atoms with Crippen molar-refractivity contribution in [3.05, 3.63) is 52.0 Å². The molecule has 12 heteroatoms. The number of hydrogen-bond acceptors (Lipinski definition) is 9. The van der Waals surface area contributed by atoms with E-state index in [0.29, 0.717) is 21.3 Å². The van der Waals surface area contributed by atoms with Crippen LogP contribution in [0, 0.1) is 11.3 Å². The van der Waals surface area contributed by atoms with Crippen LogP contribution in [0.1, 0.15) is 10.4 Å². The Morgan fingerprint density at radius 3 is 2.51 bits per heavy atom. The van der Waals surface area contributed by atoms with Gasteiger partial charge in [-0.05, 0) is 55.2 Å². The van der Waals surface area contributed by atoms with E-state index < -0.39 is 0 Å². The number of nitriles is 1. The highest BCUT2D eigenvalue weighted by Gasteiger charge is 2.20. The van der Waals surface area contributed by atoms with E-state index in [0.717, 1.165) is 31.1 Å². The van der Waals surface area contributed by atoms with E-state index in [9.17, 15) is 4.79 Å². The summed E-state index contributed by atoms with van der Waals surface area (Å²) in [6.45, 7) is 3.00. The SMILES string of the molecule is CN1CCN(C(=O)c2ccc(Sc3nc(N)nc(-c4cc(OCC#N)c(Cl)cc4Cl)n3)cc2)CC1. The van der Waals surface area contributed by atoms with Crippen LogP contribution in [-0.4, -0.2) is 70.5 Å². The van der Waals surface area contributed by atoms with Gasteiger partial charge in [-0.1, -0.05) is 23.2 Å². The molecule has 0 atom stereocenters. The number of nitrogens with two attached hydrogens (primary N) is 1. The zero-order valence-corrected chi connectivity index (χ0v) is 21.1. The van der Waals surface area contributed by atoms with Gasteiger partial charge in [-0.3, -0.25) is 4.79 Å². The molecule has 35 heavy (non-hydrogen) atoms. The molecule has 1 saturated heterocycles. The standard InChI is InChI=1S/C23H21Cl2N7O2S/c1-31-7-9-32(10-8-31)21(33)14-2-4-15(5-3-14)35-23-29-20(28-22(27)30-23)16-12-19(34-11-6-26)18(25)13-17(16)24/h2-5,12-13H,7-11H2,1H3,(H2,27,28,29,30). The molecule has 0 unspecified atom stereocenters. The molecule has 1 aliphatic rings. The zero-order valence-electron chi connectivity index (χ0n) is 18.7. The van der Waals surface area contributed by atoms with Crippen molar-refractivity contribution in [2.75, 3.05) is 45.6 Å². The number of anilines is 1. The summed E-state index contributed by atoms with van der Waals surface area (Å²) in [7, 11) is 2.05. The quantitative estimate of drug-likeness (QED) is 0.506. The third kappa shape index (κ3) is 6.13. The minimum atomic E-state index is -0.172. The predicted octanol–water partition coefficient (Wildman–Crippen LogP) is 3.87. The molecule has 2 N–H and O–H groups in total. The van der Waals surface area contributed by atoms with Gasteiger partial charge in [0, 0.05) is 42.2 Å². The molecule has 1 fully saturated rings. The molecule has 180 valence electrons. The number of amides is 1. The summed E-state index contributed by atoms with van der Waals surface area (Å²) in [5.41, 5.74) is 7.00. The Kier molecular flexibility index (Phi) is 7.93. The highest BCUT2D eigenvalue weighted by atomic mass is 35.5. The Bertz CT molecular complexity index is 1280. The van der Waals surface area contributed by atoms with Gasteiger partial charge in [-0.15, -0.1) is 0 Å². The van der Waals surface area contributed by atoms with Crippen molar-refractivity contribution in [2.24, 2.45) is 0 Å². The highest BCUT2D eigenvalue weighted by molar-refractivity contribution is 7.99. The Morgan fingerprint density at radius 2 is 1.83 bits per heavy atom. The van der Waals surface area contributed by atoms with Gasteiger partial charge in [0.2, 0.25) is 5.95 Å². The molecular weight excluding hydrogens is 509 g/mol. The van der Waals surface area contributed by atoms with Gasteiger partial charge in [0.05, 0.1) is 10.0 Å². The van der Waals surface area contributed by atoms with Crippen LogP contribution in [0.15, 0.2) is 46.5 Å². The first-order valence-electron chi connectivity index (χ1n) is 10.6. The number of carbonyl (C=O) groups excluding carboxylic acids is 1. The van der Waals surface area contributed by atoms with Crippen LogP contribution in [-0.2, 0) is 0 Å². The first-order chi connectivity index (χ1) is 16.8. The van der Waals surface area contributed by atoms with Crippen LogP contribution in [0.5, 0.6) is 5.75 Å². The molecular formula is C23H21Cl2N7O2S. The second-order valence-corrected chi connectivity index (χ2v) is 9.59. The van der Waals surface area contributed by atoms with E-state index in [1.165, 1.54) is 17.8 Å². The van der Waals surface area contributed by atoms with E-state index in [4.69, 9.17) is 38.9 Å². The number of carbonyl (C=O) groups is 1. The molecule has 2 aromatic carbocycles. The van der Waals surface area contributed by atoms with Crippen molar-refractivity contribution in [2.45, 2.75) is 10.1 Å². The average molecular weight is 530 g/mol. The topological polar surface area (TPSA) is 121 Å². The van der Waals surface area contributed by atoms with Gasteiger partial charge < -0.3 is 20.3 Å². The summed E-state index contributed by atoms with van der Waals surface area (Å²) < 4.78 is 5.35. The largest absolute Gasteiger partial charge is 0.477 e. The molecule has 0 bridgehead atoms. The predicted molar refractivity (Wildman–Crippen MR) is 135 cm³/mol. The molecule has 0 aliphatic carbocycles. The highest BCUT2D eigenvalue weighted by Crippen LogP contribution is 2.36. The van der Waals surface area contributed by atoms with Crippen molar-refractivity contribution in [3.8, 4) is 23.2 Å². The number of benzene rings is 2. The fraction of sp³-hybridized carbons (Fsp3) is 0.261. The third-order valence-corrected chi connectivity index (χ3v) is 6.77. The summed E-state index contributed by atoms with van der Waals surface area (Å²) in [6.07, 6.45) is 0. The average Bonchev–Trinajstić information content (AvgIpc) is 2.84. The Morgan fingerprint density at radius 1 is 1.11 bits per heavy atom. The molecule has 1 aliphatic heterocycles. The lowest BCUT2D eigenvalue weighted by Crippen LogP contribution is -2.47. The summed E-state index contributed by atoms with van der Waals surface area (Å²) in [6, 6.07) is 12.2. The summed E-state index contributed by atoms with van der Waals surface area (Å²) in [5.74, 6) is 0.560. The monoisotopic (exact) mass is 529 g/mol. The number of halogens is 2. The summed E-state index contributed by atoms with van der Waals surface area (Å²) in [4.78, 5) is 30.6. The van der Waals surface area contributed by atoms with Gasteiger partial charge >= 0.3 is 0 Å². The Hall–Kier alpha value is -3.10. The van der Waals surface area contributed by atoms with E-state index in [1.54, 1.807) is 18.2 Å². The van der Waals surface area contributed by atoms with Crippen LogP contribution < -0.4 is 10.5 Å². The fourth-order valence-electron chi connectivity index (χ4n) is 3.42. The number of rotatable bonds is 6. The molecule has 4 rings (SSSR count). The minimum absolute atomic E-state index is 0.0184. The normalized spacial score (nSPS) is 13.9. The van der Waals surface area contributed by atoms with Crippen molar-refractivity contribution in [1.82, 2.24) is 24.8 Å². The van der Waals surface area contributed by atoms with Gasteiger partial charge in [-0.2, -0.15) is 15.2 Å². The second kappa shape index (κ2) is 11.1. The maximum absolute atomic E-state index is 12.8. The summed E-state index contributed by atoms with van der Waals surface area (Å²) >= 11 is 13.8. The van der Waals surface area contributed by atoms with Crippen molar-refractivity contribution in [1.29, 1.82) is 5.26 Å². The molecule has 0 radical (unpaired) electrons. The fourth-order valence-corrected chi connectivity index (χ4v) is 4.70. The maximum atomic E-state index is 12.8. The van der Waals surface area contributed by atoms with Crippen LogP contribution in [0.3, 0.4) is 0 Å². The lowest BCUT2D eigenvalue weighted by molar-refractivity contribution is 0.0664. The number of aromatic nitrogens is 3. The first-order valence-corrected chi connectivity index (χ1v) is 12.2. The van der Waals surface area contributed by atoms with Gasteiger partial charge in [0.15, 0.2) is 17.6 Å². The molecule has 3 aromatic rings. The number of hydrogen-bond donors (Lipinski definition) is 1. The van der Waals surface area contributed by atoms with E-state index in [2.05, 4.69) is 26.9 Å². The Labute approximate surface area is 216 Å². The summed E-state index contributed by atoms with van der Waals surface area (Å²) in [5, 5.41) is 9.69. The van der Waals surface area contributed by atoms with Crippen molar-refractivity contribution in [3.63, 3.8) is 0 Å². The first kappa shape index (κ1) is 25.0. The number of nitrogen functional groups attached to an aromatic ring is 1. The van der Waals surface area contributed by atoms with Crippen LogP contribution >= 0.6 is 35.0 Å². The second-order valence-electron chi connectivity index (χ2n) is 7.73. The molecule has 1 aromatic heterocycles. The minimum Gasteiger partial charge on any atom is -0.477 e. The van der Waals surface area contributed by atoms with Gasteiger partial charge in [-0.25, -0.2) is 4.98 Å². The molecule has 2 heterocycles. The number of piperazine rings is 1. The number of nitrogens with zero attached hydrogens (tertiary/aromatic N) is 6. The molecule has 9 nitrogen and oxygen atoms in total.